The Balaban J connectivity index is 2.18. The smallest absolute Gasteiger partial charge is 0.274 e. The molecule has 20 heavy (non-hydrogen) atoms. The molecule has 0 atom stereocenters. The quantitative estimate of drug-likeness (QED) is 0.421. The highest BCUT2D eigenvalue weighted by atomic mass is 35.5. The molecule has 0 unspecified atom stereocenters. The van der Waals surface area contributed by atoms with E-state index in [1.807, 2.05) is 0 Å². The lowest BCUT2D eigenvalue weighted by atomic mass is 9.94. The highest BCUT2D eigenvalue weighted by Gasteiger charge is 2.04. The van der Waals surface area contributed by atoms with Gasteiger partial charge in [0.1, 0.15) is 19.3 Å². The van der Waals surface area contributed by atoms with Crippen LogP contribution in [0, 0.1) is 6.92 Å². The minimum Gasteiger partial charge on any atom is -0.506 e. The van der Waals surface area contributed by atoms with E-state index in [1.54, 1.807) is 0 Å². The van der Waals surface area contributed by atoms with Crippen LogP contribution >= 0.6 is 11.6 Å². The number of anilines is 1. The number of aromatic amines is 1. The van der Waals surface area contributed by atoms with Gasteiger partial charge in [-0.05, 0) is 13.0 Å². The predicted molar refractivity (Wildman–Crippen MR) is 77.1 cm³/mol. The van der Waals surface area contributed by atoms with Crippen LogP contribution in [0.5, 0.6) is 5.75 Å². The summed E-state index contributed by atoms with van der Waals surface area (Å²) in [6.45, 7) is 1.53. The monoisotopic (exact) mass is 289 g/mol. The fourth-order valence-corrected chi connectivity index (χ4v) is 1.58. The normalized spacial score (nSPS) is 10.9. The first-order chi connectivity index (χ1) is 9.47. The third-order valence-corrected chi connectivity index (χ3v) is 2.64. The number of rotatable bonds is 3. The van der Waals surface area contributed by atoms with Gasteiger partial charge in [0, 0.05) is 5.56 Å². The molecule has 2 radical (unpaired) electrons. The number of benzene rings is 1. The van der Waals surface area contributed by atoms with Crippen molar-refractivity contribution in [1.29, 1.82) is 0 Å². The van der Waals surface area contributed by atoms with Gasteiger partial charge in [0.05, 0.1) is 11.2 Å². The maximum absolute atomic E-state index is 11.3. The Kier molecular flexibility index (Phi) is 4.04. The molecular weight excluding hydrogens is 280 g/mol. The summed E-state index contributed by atoms with van der Waals surface area (Å²) in [5.41, 5.74) is 3.07. The summed E-state index contributed by atoms with van der Waals surface area (Å²) >= 11 is 5.77. The van der Waals surface area contributed by atoms with Crippen LogP contribution in [-0.4, -0.2) is 34.3 Å². The van der Waals surface area contributed by atoms with Crippen molar-refractivity contribution in [2.75, 3.05) is 5.43 Å². The molecule has 3 N–H and O–H groups in total. The SMILES string of the molecule is [B]c1cc(Cl)c(O)c(/C=N/Nc2nnc(C)c(=O)[nH]2)c1. The van der Waals surface area contributed by atoms with Crippen molar-refractivity contribution in [2.45, 2.75) is 6.92 Å². The number of phenolic OH excluding ortho intramolecular Hbond substituents is 1. The molecule has 0 aliphatic rings. The van der Waals surface area contributed by atoms with Gasteiger partial charge in [-0.25, -0.2) is 5.43 Å². The number of nitrogens with zero attached hydrogens (tertiary/aromatic N) is 3. The van der Waals surface area contributed by atoms with E-state index < -0.39 is 0 Å². The molecule has 0 fully saturated rings. The molecule has 0 saturated heterocycles. The Morgan fingerprint density at radius 2 is 2.25 bits per heavy atom. The van der Waals surface area contributed by atoms with Crippen molar-refractivity contribution in [3.63, 3.8) is 0 Å². The molecule has 2 rings (SSSR count). The second-order valence-electron chi connectivity index (χ2n) is 3.90. The number of phenols is 1. The lowest BCUT2D eigenvalue weighted by Crippen LogP contribution is -2.15. The van der Waals surface area contributed by atoms with Gasteiger partial charge in [-0.1, -0.05) is 23.1 Å². The van der Waals surface area contributed by atoms with E-state index in [0.29, 0.717) is 11.0 Å². The molecule has 0 saturated carbocycles. The van der Waals surface area contributed by atoms with E-state index >= 15 is 0 Å². The highest BCUT2D eigenvalue weighted by molar-refractivity contribution is 6.37. The highest BCUT2D eigenvalue weighted by Crippen LogP contribution is 2.24. The number of nitrogens with one attached hydrogen (secondary N) is 2. The van der Waals surface area contributed by atoms with Crippen LogP contribution in [0.2, 0.25) is 5.02 Å². The summed E-state index contributed by atoms with van der Waals surface area (Å²) in [5.74, 6) is -0.0683. The van der Waals surface area contributed by atoms with E-state index in [9.17, 15) is 9.90 Å². The molecule has 1 aromatic carbocycles. The molecule has 9 heteroatoms. The third kappa shape index (κ3) is 3.15. The number of aromatic nitrogens is 3. The molecular formula is C11H9BClN5O2. The van der Waals surface area contributed by atoms with Crippen molar-refractivity contribution >= 4 is 37.1 Å². The van der Waals surface area contributed by atoms with E-state index in [0.717, 1.165) is 0 Å². The van der Waals surface area contributed by atoms with Crippen LogP contribution in [-0.2, 0) is 0 Å². The van der Waals surface area contributed by atoms with Gasteiger partial charge in [0.2, 0.25) is 5.95 Å². The first kappa shape index (κ1) is 14.1. The Labute approximate surface area is 120 Å². The summed E-state index contributed by atoms with van der Waals surface area (Å²) in [4.78, 5) is 13.7. The van der Waals surface area contributed by atoms with Crippen LogP contribution in [0.3, 0.4) is 0 Å². The summed E-state index contributed by atoms with van der Waals surface area (Å²) in [5, 5.41) is 20.9. The topological polar surface area (TPSA) is 103 Å². The number of hydrogen-bond donors (Lipinski definition) is 3. The minimum atomic E-state index is -0.368. The molecule has 0 spiro atoms. The van der Waals surface area contributed by atoms with Gasteiger partial charge >= 0.3 is 0 Å². The molecule has 2 aromatic rings. The van der Waals surface area contributed by atoms with Crippen molar-refractivity contribution in [3.05, 3.63) is 38.8 Å². The van der Waals surface area contributed by atoms with Gasteiger partial charge in [-0.3, -0.25) is 9.78 Å². The lowest BCUT2D eigenvalue weighted by molar-refractivity contribution is 0.475. The Bertz CT molecular complexity index is 731. The average molecular weight is 289 g/mol. The van der Waals surface area contributed by atoms with E-state index in [1.165, 1.54) is 25.3 Å². The van der Waals surface area contributed by atoms with E-state index in [4.69, 9.17) is 19.4 Å². The van der Waals surface area contributed by atoms with Crippen molar-refractivity contribution in [3.8, 4) is 5.75 Å². The molecule has 0 bridgehead atoms. The number of aromatic hydroxyl groups is 1. The van der Waals surface area contributed by atoms with Crippen LogP contribution in [0.15, 0.2) is 22.0 Å². The number of hydrazone groups is 1. The molecule has 0 aliphatic heterocycles. The average Bonchev–Trinajstić information content (AvgIpc) is 2.39. The first-order valence-corrected chi connectivity index (χ1v) is 5.86. The second-order valence-corrected chi connectivity index (χ2v) is 4.31. The largest absolute Gasteiger partial charge is 0.506 e. The molecule has 100 valence electrons. The maximum atomic E-state index is 11.3. The Morgan fingerprint density at radius 3 is 2.95 bits per heavy atom. The number of hydrogen-bond acceptors (Lipinski definition) is 6. The molecule has 0 aliphatic carbocycles. The fourth-order valence-electron chi connectivity index (χ4n) is 1.35. The third-order valence-electron chi connectivity index (χ3n) is 2.35. The standard InChI is InChI=1S/C11H9BClN5O2/c1-5-10(20)15-11(18-16-5)17-14-4-6-2-7(12)3-8(13)9(6)19/h2-4,19H,1H3,(H2,15,17,18,20)/b14-4+. The zero-order valence-electron chi connectivity index (χ0n) is 10.4. The Hall–Kier alpha value is -2.35. The van der Waals surface area contributed by atoms with Crippen LogP contribution < -0.4 is 16.4 Å². The lowest BCUT2D eigenvalue weighted by Gasteiger charge is -2.03. The molecule has 0 amide bonds. The summed E-state index contributed by atoms with van der Waals surface area (Å²) in [6.07, 6.45) is 1.29. The summed E-state index contributed by atoms with van der Waals surface area (Å²) in [6, 6.07) is 2.92. The van der Waals surface area contributed by atoms with Gasteiger partial charge in [-0.15, -0.1) is 10.2 Å². The van der Waals surface area contributed by atoms with Gasteiger partial charge in [0.15, 0.2) is 0 Å². The zero-order chi connectivity index (χ0) is 14.7. The summed E-state index contributed by atoms with van der Waals surface area (Å²) in [7, 11) is 5.60. The molecule has 1 aromatic heterocycles. The van der Waals surface area contributed by atoms with Crippen LogP contribution in [0.4, 0.5) is 5.95 Å². The van der Waals surface area contributed by atoms with Crippen LogP contribution in [0.1, 0.15) is 11.3 Å². The van der Waals surface area contributed by atoms with Gasteiger partial charge in [0.25, 0.3) is 5.56 Å². The van der Waals surface area contributed by atoms with Gasteiger partial charge in [-0.2, -0.15) is 5.10 Å². The maximum Gasteiger partial charge on any atom is 0.274 e. The van der Waals surface area contributed by atoms with E-state index in [2.05, 4.69) is 25.7 Å². The summed E-state index contributed by atoms with van der Waals surface area (Å²) < 4.78 is 0. The van der Waals surface area contributed by atoms with Crippen molar-refractivity contribution in [2.24, 2.45) is 5.10 Å². The van der Waals surface area contributed by atoms with Crippen molar-refractivity contribution in [1.82, 2.24) is 15.2 Å². The zero-order valence-corrected chi connectivity index (χ0v) is 11.1. The minimum absolute atomic E-state index is 0.0753. The van der Waals surface area contributed by atoms with Crippen LogP contribution in [0.25, 0.3) is 0 Å². The predicted octanol–water partition coefficient (Wildman–Crippen LogP) is 0.0721. The number of aryl methyl sites for hydroxylation is 1. The first-order valence-electron chi connectivity index (χ1n) is 5.48. The number of halogens is 1. The second kappa shape index (κ2) is 5.75. The van der Waals surface area contributed by atoms with Crippen molar-refractivity contribution < 1.29 is 5.11 Å². The molecule has 7 nitrogen and oxygen atoms in total. The number of H-pyrrole nitrogens is 1. The fraction of sp³-hybridized carbons (Fsp3) is 0.0909. The Morgan fingerprint density at radius 1 is 1.50 bits per heavy atom. The molecule has 1 heterocycles. The van der Waals surface area contributed by atoms with E-state index in [-0.39, 0.29) is 28.0 Å². The van der Waals surface area contributed by atoms with Gasteiger partial charge < -0.3 is 5.11 Å².